The van der Waals surface area contributed by atoms with Gasteiger partial charge in [0.1, 0.15) is 5.76 Å². The molecule has 6 heteroatoms. The van der Waals surface area contributed by atoms with Crippen molar-refractivity contribution in [2.45, 2.75) is 31.4 Å². The molecular weight excluding hydrogens is 250 g/mol. The zero-order valence-electron chi connectivity index (χ0n) is 10.1. The van der Waals surface area contributed by atoms with E-state index < -0.39 is 0 Å². The van der Waals surface area contributed by atoms with Crippen LogP contribution < -0.4 is 5.32 Å². The van der Waals surface area contributed by atoms with Crippen molar-refractivity contribution in [2.75, 3.05) is 0 Å². The van der Waals surface area contributed by atoms with Crippen LogP contribution in [0.25, 0.3) is 0 Å². The molecule has 18 heavy (non-hydrogen) atoms. The van der Waals surface area contributed by atoms with E-state index in [1.165, 1.54) is 18.0 Å². The topological polar surface area (TPSA) is 67.0 Å². The lowest BCUT2D eigenvalue weighted by Gasteiger charge is -2.01. The number of carbonyl (C=O) groups is 1. The first-order valence-corrected chi connectivity index (χ1v) is 6.79. The maximum absolute atomic E-state index is 11.6. The number of rotatable bonds is 5. The van der Waals surface area contributed by atoms with Crippen molar-refractivity contribution in [3.8, 4) is 0 Å². The number of nitrogens with zero attached hydrogens (tertiary/aromatic N) is 2. The quantitative estimate of drug-likeness (QED) is 0.656. The van der Waals surface area contributed by atoms with Crippen LogP contribution in [0.15, 0.2) is 33.0 Å². The minimum atomic E-state index is -0.0255. The van der Waals surface area contributed by atoms with Gasteiger partial charge in [-0.15, -0.1) is 5.10 Å². The predicted octanol–water partition coefficient (Wildman–Crippen LogP) is 2.39. The van der Waals surface area contributed by atoms with Gasteiger partial charge >= 0.3 is 0 Å². The van der Waals surface area contributed by atoms with E-state index in [1.54, 1.807) is 18.4 Å². The molecule has 2 rings (SSSR count). The normalized spacial score (nSPS) is 21.9. The minimum Gasteiger partial charge on any atom is -0.463 e. The molecule has 1 fully saturated rings. The van der Waals surface area contributed by atoms with Gasteiger partial charge in [0.2, 0.25) is 5.91 Å². The first-order chi connectivity index (χ1) is 8.79. The Labute approximate surface area is 110 Å². The monoisotopic (exact) mass is 265 g/mol. The third-order valence-electron chi connectivity index (χ3n) is 2.47. The SMILES string of the molecule is CCCC[C@H]1SC(=NN=Cc2ccco2)NC1=O. The van der Waals surface area contributed by atoms with Crippen molar-refractivity contribution in [3.63, 3.8) is 0 Å². The van der Waals surface area contributed by atoms with E-state index in [9.17, 15) is 4.79 Å². The summed E-state index contributed by atoms with van der Waals surface area (Å²) < 4.78 is 5.08. The van der Waals surface area contributed by atoms with Gasteiger partial charge < -0.3 is 9.73 Å². The highest BCUT2D eigenvalue weighted by Crippen LogP contribution is 2.23. The van der Waals surface area contributed by atoms with E-state index in [4.69, 9.17) is 4.42 Å². The lowest BCUT2D eigenvalue weighted by Crippen LogP contribution is -2.24. The molecule has 0 unspecified atom stereocenters. The summed E-state index contributed by atoms with van der Waals surface area (Å²) in [5, 5.41) is 11.1. The van der Waals surface area contributed by atoms with Gasteiger partial charge in [0.05, 0.1) is 17.7 Å². The zero-order valence-corrected chi connectivity index (χ0v) is 10.9. The highest BCUT2D eigenvalue weighted by molar-refractivity contribution is 8.15. The molecule has 1 aliphatic heterocycles. The Hall–Kier alpha value is -1.56. The van der Waals surface area contributed by atoms with Crippen LogP contribution in [-0.4, -0.2) is 22.5 Å². The van der Waals surface area contributed by atoms with E-state index in [-0.39, 0.29) is 11.2 Å². The second-order valence-corrected chi connectivity index (χ2v) is 5.09. The van der Waals surface area contributed by atoms with Gasteiger partial charge in [0.25, 0.3) is 0 Å². The van der Waals surface area contributed by atoms with Gasteiger partial charge in [0.15, 0.2) is 5.17 Å². The van der Waals surface area contributed by atoms with Crippen LogP contribution in [0.2, 0.25) is 0 Å². The highest BCUT2D eigenvalue weighted by Gasteiger charge is 2.29. The molecule has 0 aromatic carbocycles. The number of thioether (sulfide) groups is 1. The smallest absolute Gasteiger partial charge is 0.239 e. The minimum absolute atomic E-state index is 0.0255. The summed E-state index contributed by atoms with van der Waals surface area (Å²) in [7, 11) is 0. The molecule has 1 aromatic rings. The highest BCUT2D eigenvalue weighted by atomic mass is 32.2. The van der Waals surface area contributed by atoms with E-state index in [1.807, 2.05) is 0 Å². The van der Waals surface area contributed by atoms with Crippen LogP contribution in [0.4, 0.5) is 0 Å². The predicted molar refractivity (Wildman–Crippen MR) is 72.8 cm³/mol. The molecule has 0 aliphatic carbocycles. The van der Waals surface area contributed by atoms with Crippen LogP contribution in [-0.2, 0) is 4.79 Å². The number of amides is 1. The van der Waals surface area contributed by atoms with Crippen molar-refractivity contribution >= 4 is 29.1 Å². The fourth-order valence-electron chi connectivity index (χ4n) is 1.53. The van der Waals surface area contributed by atoms with Gasteiger partial charge in [-0.3, -0.25) is 4.79 Å². The second kappa shape index (κ2) is 6.39. The number of carbonyl (C=O) groups excluding carboxylic acids is 1. The number of unbranched alkanes of at least 4 members (excludes halogenated alkanes) is 1. The van der Waals surface area contributed by atoms with E-state index >= 15 is 0 Å². The molecule has 5 nitrogen and oxygen atoms in total. The van der Waals surface area contributed by atoms with E-state index in [0.717, 1.165) is 19.3 Å². The Morgan fingerprint density at radius 3 is 3.22 bits per heavy atom. The molecule has 0 bridgehead atoms. The third-order valence-corrected chi connectivity index (χ3v) is 3.61. The van der Waals surface area contributed by atoms with Crippen molar-refractivity contribution in [1.82, 2.24) is 5.32 Å². The lowest BCUT2D eigenvalue weighted by atomic mass is 10.2. The van der Waals surface area contributed by atoms with E-state index in [0.29, 0.717) is 10.9 Å². The number of nitrogens with one attached hydrogen (secondary N) is 1. The average molecular weight is 265 g/mol. The van der Waals surface area contributed by atoms with Crippen LogP contribution in [0.1, 0.15) is 31.9 Å². The summed E-state index contributed by atoms with van der Waals surface area (Å²) in [5.74, 6) is 0.664. The van der Waals surface area contributed by atoms with Crippen LogP contribution in [0.3, 0.4) is 0 Å². The largest absolute Gasteiger partial charge is 0.463 e. The summed E-state index contributed by atoms with van der Waals surface area (Å²) in [6.45, 7) is 2.11. The number of hydrogen-bond acceptors (Lipinski definition) is 5. The zero-order chi connectivity index (χ0) is 12.8. The molecule has 1 N–H and O–H groups in total. The van der Waals surface area contributed by atoms with Gasteiger partial charge in [-0.1, -0.05) is 31.5 Å². The molecule has 1 aliphatic rings. The summed E-state index contributed by atoms with van der Waals surface area (Å²) in [5.41, 5.74) is 0. The summed E-state index contributed by atoms with van der Waals surface area (Å²) in [6, 6.07) is 3.56. The van der Waals surface area contributed by atoms with Crippen LogP contribution >= 0.6 is 11.8 Å². The maximum atomic E-state index is 11.6. The Morgan fingerprint density at radius 1 is 1.61 bits per heavy atom. The molecule has 1 aromatic heterocycles. The number of furan rings is 1. The Balaban J connectivity index is 1.89. The van der Waals surface area contributed by atoms with Crippen molar-refractivity contribution in [3.05, 3.63) is 24.2 Å². The average Bonchev–Trinajstić information content (AvgIpc) is 2.97. The van der Waals surface area contributed by atoms with Crippen LogP contribution in [0, 0.1) is 0 Å². The summed E-state index contributed by atoms with van der Waals surface area (Å²) in [6.07, 6.45) is 6.11. The summed E-state index contributed by atoms with van der Waals surface area (Å²) in [4.78, 5) is 11.6. The molecule has 0 spiro atoms. The third kappa shape index (κ3) is 3.46. The fraction of sp³-hybridized carbons (Fsp3) is 0.417. The van der Waals surface area contributed by atoms with Gasteiger partial charge in [-0.25, -0.2) is 0 Å². The number of amidine groups is 1. The van der Waals surface area contributed by atoms with Gasteiger partial charge in [-0.2, -0.15) is 5.10 Å². The van der Waals surface area contributed by atoms with Gasteiger partial charge in [0, 0.05) is 0 Å². The van der Waals surface area contributed by atoms with Crippen molar-refractivity contribution < 1.29 is 9.21 Å². The molecule has 1 atom stereocenters. The fourth-order valence-corrected chi connectivity index (χ4v) is 2.51. The standard InChI is InChI=1S/C12H15N3O2S/c1-2-3-6-10-11(16)14-12(18-10)15-13-8-9-5-4-7-17-9/h4-5,7-8,10H,2-3,6H2,1H3,(H,14,15,16)/t10-/m1/s1. The number of hydrogen-bond donors (Lipinski definition) is 1. The molecule has 0 saturated carbocycles. The van der Waals surface area contributed by atoms with Crippen LogP contribution in [0.5, 0.6) is 0 Å². The van der Waals surface area contributed by atoms with Gasteiger partial charge in [-0.05, 0) is 18.6 Å². The van der Waals surface area contributed by atoms with Crippen molar-refractivity contribution in [1.29, 1.82) is 0 Å². The van der Waals surface area contributed by atoms with E-state index in [2.05, 4.69) is 22.4 Å². The molecule has 1 amide bonds. The van der Waals surface area contributed by atoms with Crippen molar-refractivity contribution in [2.24, 2.45) is 10.2 Å². The molecule has 2 heterocycles. The first kappa shape index (κ1) is 12.9. The Kier molecular flexibility index (Phi) is 4.58. The lowest BCUT2D eigenvalue weighted by molar-refractivity contribution is -0.118. The molecule has 1 saturated heterocycles. The first-order valence-electron chi connectivity index (χ1n) is 5.91. The summed E-state index contributed by atoms with van der Waals surface area (Å²) >= 11 is 1.44. The molecule has 0 radical (unpaired) electrons. The Bertz CT molecular complexity index is 454. The maximum Gasteiger partial charge on any atom is 0.239 e. The Morgan fingerprint density at radius 2 is 2.50 bits per heavy atom. The second-order valence-electron chi connectivity index (χ2n) is 3.90. The molecule has 96 valence electrons. The molecular formula is C12H15N3O2S.